The van der Waals surface area contributed by atoms with E-state index >= 15 is 0 Å². The number of Topliss-reactive ketones (excluding diaryl/α,β-unsaturated/α-hetero) is 2. The number of aliphatic hydroxyl groups excluding tert-OH is 2. The highest BCUT2D eigenvalue weighted by molar-refractivity contribution is 5.88. The summed E-state index contributed by atoms with van der Waals surface area (Å²) in [6, 6.07) is 0. The van der Waals surface area contributed by atoms with Gasteiger partial charge in [0.15, 0.2) is 5.78 Å². The van der Waals surface area contributed by atoms with Crippen molar-refractivity contribution in [2.24, 2.45) is 34.5 Å². The fraction of sp³-hybridized carbons (Fsp3) is 0.895. The summed E-state index contributed by atoms with van der Waals surface area (Å²) in [6.07, 6.45) is 3.87. The first kappa shape index (κ1) is 15.8. The number of carbonyl (C=O) groups is 2. The minimum Gasteiger partial charge on any atom is -0.393 e. The van der Waals surface area contributed by atoms with E-state index in [1.165, 1.54) is 0 Å². The van der Waals surface area contributed by atoms with Crippen LogP contribution in [0.15, 0.2) is 0 Å². The number of rotatable bonds is 0. The predicted octanol–water partition coefficient (Wildman–Crippen LogP) is 2.11. The number of fused-ring (bicyclic) bond motifs is 5. The third kappa shape index (κ3) is 1.91. The van der Waals surface area contributed by atoms with Gasteiger partial charge in [-0.1, -0.05) is 13.8 Å². The Labute approximate surface area is 137 Å². The largest absolute Gasteiger partial charge is 0.393 e. The van der Waals surface area contributed by atoms with Crippen molar-refractivity contribution in [3.8, 4) is 0 Å². The summed E-state index contributed by atoms with van der Waals surface area (Å²) >= 11 is 0. The monoisotopic (exact) mass is 320 g/mol. The highest BCUT2D eigenvalue weighted by atomic mass is 16.3. The quantitative estimate of drug-likeness (QED) is 0.717. The summed E-state index contributed by atoms with van der Waals surface area (Å²) in [4.78, 5) is 24.9. The number of ketones is 2. The lowest BCUT2D eigenvalue weighted by Crippen LogP contribution is -2.61. The summed E-state index contributed by atoms with van der Waals surface area (Å²) in [7, 11) is 0. The lowest BCUT2D eigenvalue weighted by molar-refractivity contribution is -0.179. The summed E-state index contributed by atoms with van der Waals surface area (Å²) in [6.45, 7) is 4.30. The Morgan fingerprint density at radius 3 is 2.48 bits per heavy atom. The summed E-state index contributed by atoms with van der Waals surface area (Å²) in [5.41, 5.74) is -0.378. The molecule has 128 valence electrons. The first-order valence-electron chi connectivity index (χ1n) is 9.22. The van der Waals surface area contributed by atoms with E-state index in [1.54, 1.807) is 0 Å². The van der Waals surface area contributed by atoms with Crippen LogP contribution in [0.2, 0.25) is 0 Å². The predicted molar refractivity (Wildman–Crippen MR) is 84.5 cm³/mol. The number of hydrogen-bond acceptors (Lipinski definition) is 4. The van der Waals surface area contributed by atoms with Crippen LogP contribution in [0, 0.1) is 34.5 Å². The van der Waals surface area contributed by atoms with Crippen molar-refractivity contribution in [3.63, 3.8) is 0 Å². The van der Waals surface area contributed by atoms with Gasteiger partial charge in [0.05, 0.1) is 6.10 Å². The molecule has 4 aliphatic rings. The van der Waals surface area contributed by atoms with Crippen LogP contribution in [-0.2, 0) is 9.59 Å². The molecule has 0 spiro atoms. The average Bonchev–Trinajstić information content (AvgIpc) is 2.82. The zero-order valence-electron chi connectivity index (χ0n) is 14.1. The SMILES string of the molecule is C[C@]12CC[C@H](O)C(=O)[C@@H]1C[C@H](O)[C@@H]1[C@@H]2CC[C@]2(C)C(=O)CC[C@@H]12. The normalized spacial score (nSPS) is 56.0. The minimum atomic E-state index is -0.848. The van der Waals surface area contributed by atoms with Gasteiger partial charge in [0.25, 0.3) is 0 Å². The molecule has 0 saturated heterocycles. The van der Waals surface area contributed by atoms with Crippen molar-refractivity contribution < 1.29 is 19.8 Å². The second-order valence-electron chi connectivity index (χ2n) is 9.03. The molecule has 4 saturated carbocycles. The topological polar surface area (TPSA) is 74.6 Å². The molecule has 0 unspecified atom stereocenters. The summed E-state index contributed by atoms with van der Waals surface area (Å²) < 4.78 is 0. The molecule has 0 amide bonds. The smallest absolute Gasteiger partial charge is 0.164 e. The maximum atomic E-state index is 12.5. The maximum absolute atomic E-state index is 12.5. The molecule has 8 atom stereocenters. The van der Waals surface area contributed by atoms with Gasteiger partial charge in [-0.15, -0.1) is 0 Å². The lowest BCUT2D eigenvalue weighted by atomic mass is 9.44. The van der Waals surface area contributed by atoms with Crippen molar-refractivity contribution in [1.82, 2.24) is 0 Å². The van der Waals surface area contributed by atoms with Crippen LogP contribution in [0.25, 0.3) is 0 Å². The zero-order valence-corrected chi connectivity index (χ0v) is 14.1. The molecular weight excluding hydrogens is 292 g/mol. The van der Waals surface area contributed by atoms with E-state index in [0.29, 0.717) is 31.0 Å². The first-order valence-corrected chi connectivity index (χ1v) is 9.22. The summed E-state index contributed by atoms with van der Waals surface area (Å²) in [5, 5.41) is 20.8. The van der Waals surface area contributed by atoms with Gasteiger partial charge in [0.1, 0.15) is 11.9 Å². The highest BCUT2D eigenvalue weighted by Crippen LogP contribution is 2.64. The van der Waals surface area contributed by atoms with Gasteiger partial charge in [-0.05, 0) is 61.7 Å². The van der Waals surface area contributed by atoms with Crippen molar-refractivity contribution in [2.75, 3.05) is 0 Å². The molecule has 0 aliphatic heterocycles. The van der Waals surface area contributed by atoms with Crippen LogP contribution in [0.3, 0.4) is 0 Å². The van der Waals surface area contributed by atoms with Crippen LogP contribution in [0.1, 0.15) is 58.8 Å². The Hall–Kier alpha value is -0.740. The molecule has 4 nitrogen and oxygen atoms in total. The van der Waals surface area contributed by atoms with Crippen LogP contribution in [0.5, 0.6) is 0 Å². The van der Waals surface area contributed by atoms with Crippen molar-refractivity contribution in [2.45, 2.75) is 71.0 Å². The van der Waals surface area contributed by atoms with Crippen LogP contribution >= 0.6 is 0 Å². The van der Waals surface area contributed by atoms with E-state index in [0.717, 1.165) is 25.7 Å². The molecule has 0 radical (unpaired) electrons. The minimum absolute atomic E-state index is 0.0629. The molecule has 0 aromatic rings. The summed E-state index contributed by atoms with van der Waals surface area (Å²) in [5.74, 6) is 0.802. The Balaban J connectivity index is 1.72. The molecule has 0 aromatic carbocycles. The van der Waals surface area contributed by atoms with E-state index in [9.17, 15) is 19.8 Å². The van der Waals surface area contributed by atoms with Gasteiger partial charge in [-0.25, -0.2) is 0 Å². The van der Waals surface area contributed by atoms with Gasteiger partial charge < -0.3 is 10.2 Å². The molecule has 4 rings (SSSR count). The first-order chi connectivity index (χ1) is 10.8. The van der Waals surface area contributed by atoms with E-state index in [2.05, 4.69) is 13.8 Å². The third-order valence-electron chi connectivity index (χ3n) is 8.23. The Kier molecular flexibility index (Phi) is 3.35. The molecule has 23 heavy (non-hydrogen) atoms. The lowest BCUT2D eigenvalue weighted by Gasteiger charge is -2.60. The maximum Gasteiger partial charge on any atom is 0.164 e. The molecule has 0 heterocycles. The third-order valence-corrected chi connectivity index (χ3v) is 8.23. The van der Waals surface area contributed by atoms with Crippen molar-refractivity contribution in [1.29, 1.82) is 0 Å². The second kappa shape index (κ2) is 4.89. The molecule has 0 bridgehead atoms. The van der Waals surface area contributed by atoms with Gasteiger partial charge in [-0.3, -0.25) is 9.59 Å². The van der Waals surface area contributed by atoms with Gasteiger partial charge in [-0.2, -0.15) is 0 Å². The van der Waals surface area contributed by atoms with E-state index < -0.39 is 12.2 Å². The molecule has 4 heteroatoms. The van der Waals surface area contributed by atoms with Crippen LogP contribution < -0.4 is 0 Å². The van der Waals surface area contributed by atoms with E-state index in [1.807, 2.05) is 0 Å². The fourth-order valence-corrected chi connectivity index (χ4v) is 6.82. The second-order valence-corrected chi connectivity index (χ2v) is 9.03. The molecular formula is C19H28O4. The van der Waals surface area contributed by atoms with Gasteiger partial charge in [0, 0.05) is 17.8 Å². The Morgan fingerprint density at radius 1 is 1.00 bits per heavy atom. The number of carbonyl (C=O) groups excluding carboxylic acids is 2. The van der Waals surface area contributed by atoms with E-state index in [4.69, 9.17) is 0 Å². The number of hydrogen-bond donors (Lipinski definition) is 2. The molecule has 0 aromatic heterocycles. The van der Waals surface area contributed by atoms with Gasteiger partial charge in [0.2, 0.25) is 0 Å². The number of aliphatic hydroxyl groups is 2. The van der Waals surface area contributed by atoms with Crippen molar-refractivity contribution >= 4 is 11.6 Å². The Bertz CT molecular complexity index is 558. The highest BCUT2D eigenvalue weighted by Gasteiger charge is 2.64. The Morgan fingerprint density at radius 2 is 1.74 bits per heavy atom. The van der Waals surface area contributed by atoms with E-state index in [-0.39, 0.29) is 34.4 Å². The fourth-order valence-electron chi connectivity index (χ4n) is 6.82. The van der Waals surface area contributed by atoms with Crippen molar-refractivity contribution in [3.05, 3.63) is 0 Å². The van der Waals surface area contributed by atoms with Crippen LogP contribution in [-0.4, -0.2) is 34.0 Å². The standard InChI is InChI=1S/C19H28O4/c1-18-8-6-13(20)17(23)12(18)9-14(21)16-10-3-4-15(22)19(10,2)7-5-11(16)18/h10-14,16,20-21H,3-9H2,1-2H3/t10-,11-,12-,13-,14-,16-,18+,19-/m0/s1. The molecule has 4 fully saturated rings. The molecule has 2 N–H and O–H groups in total. The average molecular weight is 320 g/mol. The van der Waals surface area contributed by atoms with Crippen LogP contribution in [0.4, 0.5) is 0 Å². The zero-order chi connectivity index (χ0) is 16.6. The van der Waals surface area contributed by atoms with Gasteiger partial charge >= 0.3 is 0 Å². The molecule has 4 aliphatic carbocycles.